The molecule has 23 heavy (non-hydrogen) atoms. The summed E-state index contributed by atoms with van der Waals surface area (Å²) in [6.45, 7) is 0. The molecule has 5 nitrogen and oxygen atoms in total. The molecule has 3 N–H and O–H groups in total. The molecule has 0 bridgehead atoms. The molecule has 0 fully saturated rings. The van der Waals surface area contributed by atoms with Crippen molar-refractivity contribution in [3.63, 3.8) is 0 Å². The minimum atomic E-state index is -0.368. The number of hydrogen-bond acceptors (Lipinski definition) is 5. The second-order valence-corrected chi connectivity index (χ2v) is 5.69. The van der Waals surface area contributed by atoms with Crippen LogP contribution < -0.4 is 11.1 Å². The van der Waals surface area contributed by atoms with E-state index in [4.69, 9.17) is 5.73 Å². The molecule has 0 spiro atoms. The molecule has 0 aliphatic carbocycles. The zero-order chi connectivity index (χ0) is 16.5. The van der Waals surface area contributed by atoms with Gasteiger partial charge in [0.15, 0.2) is 0 Å². The van der Waals surface area contributed by atoms with Crippen molar-refractivity contribution in [2.75, 3.05) is 11.1 Å². The third-order valence-corrected chi connectivity index (χ3v) is 3.89. The van der Waals surface area contributed by atoms with Crippen LogP contribution in [-0.4, -0.2) is 16.6 Å². The lowest BCUT2D eigenvalue weighted by Gasteiger charge is -2.12. The lowest BCUT2D eigenvalue weighted by Crippen LogP contribution is -2.11. The number of carbonyl (C=O) groups is 1. The molecule has 0 atom stereocenters. The summed E-state index contributed by atoms with van der Waals surface area (Å²) in [6, 6.07) is 17.1. The molecular formula is C17H16N4OS. The highest BCUT2D eigenvalue weighted by Gasteiger charge is 2.12. The minimum Gasteiger partial charge on any atom is -0.370 e. The zero-order valence-electron chi connectivity index (χ0n) is 12.4. The third-order valence-electron chi connectivity index (χ3n) is 2.89. The number of carbonyl (C=O) groups excluding carboxylic acids is 1. The maximum absolute atomic E-state index is 10.9. The molecule has 2 aromatic rings. The Morgan fingerprint density at radius 3 is 2.57 bits per heavy atom. The van der Waals surface area contributed by atoms with Crippen LogP contribution in [0.3, 0.4) is 0 Å². The maximum atomic E-state index is 10.9. The lowest BCUT2D eigenvalue weighted by molar-refractivity contribution is -0.117. The normalized spacial score (nSPS) is 11.3. The molecule has 1 heterocycles. The summed E-state index contributed by atoms with van der Waals surface area (Å²) in [5, 5.41) is 13.4. The van der Waals surface area contributed by atoms with Gasteiger partial charge in [0, 0.05) is 24.1 Å². The second kappa shape index (κ2) is 8.61. The molecule has 0 radical (unpaired) electrons. The lowest BCUT2D eigenvalue weighted by atomic mass is 10.2. The van der Waals surface area contributed by atoms with Crippen molar-refractivity contribution in [2.45, 2.75) is 6.42 Å². The summed E-state index contributed by atoms with van der Waals surface area (Å²) in [6.07, 6.45) is 1.88. The van der Waals surface area contributed by atoms with Crippen LogP contribution in [0.25, 0.3) is 5.57 Å². The van der Waals surface area contributed by atoms with Crippen molar-refractivity contribution in [1.82, 2.24) is 4.98 Å². The van der Waals surface area contributed by atoms with Crippen LogP contribution in [0.5, 0.6) is 0 Å². The highest BCUT2D eigenvalue weighted by Crippen LogP contribution is 2.27. The van der Waals surface area contributed by atoms with Gasteiger partial charge < -0.3 is 11.1 Å². The first-order valence-electron chi connectivity index (χ1n) is 6.99. The van der Waals surface area contributed by atoms with Gasteiger partial charge in [0.2, 0.25) is 5.91 Å². The van der Waals surface area contributed by atoms with E-state index in [2.05, 4.69) is 16.4 Å². The summed E-state index contributed by atoms with van der Waals surface area (Å²) >= 11 is 1.38. The van der Waals surface area contributed by atoms with Gasteiger partial charge in [0.25, 0.3) is 0 Å². The number of nitriles is 1. The van der Waals surface area contributed by atoms with E-state index in [1.165, 1.54) is 11.8 Å². The molecule has 1 aromatic heterocycles. The molecule has 0 saturated heterocycles. The molecule has 116 valence electrons. The van der Waals surface area contributed by atoms with Gasteiger partial charge in [-0.2, -0.15) is 5.26 Å². The van der Waals surface area contributed by atoms with Crippen molar-refractivity contribution in [3.05, 3.63) is 65.5 Å². The van der Waals surface area contributed by atoms with Gasteiger partial charge in [-0.1, -0.05) is 24.3 Å². The molecule has 0 aliphatic rings. The summed E-state index contributed by atoms with van der Waals surface area (Å²) < 4.78 is 0. The molecule has 0 aliphatic heterocycles. The standard InChI is InChI=1S/C17H16N4OS/c18-12-14(15-8-4-5-10-20-15)17(23-11-9-16(19)22)21-13-6-2-1-3-7-13/h1-8,10,21H,9,11H2,(H2,19,22)/b17-14+. The molecule has 2 rings (SSSR count). The van der Waals surface area contributed by atoms with Crippen molar-refractivity contribution in [1.29, 1.82) is 5.26 Å². The molecule has 1 aromatic carbocycles. The molecule has 1 amide bonds. The Morgan fingerprint density at radius 2 is 1.96 bits per heavy atom. The van der Waals surface area contributed by atoms with E-state index in [1.807, 2.05) is 36.4 Å². The number of para-hydroxylation sites is 1. The number of nitrogens with zero attached hydrogens (tertiary/aromatic N) is 2. The number of aromatic nitrogens is 1. The largest absolute Gasteiger partial charge is 0.370 e. The number of nitrogens with one attached hydrogen (secondary N) is 1. The first-order valence-corrected chi connectivity index (χ1v) is 7.98. The van der Waals surface area contributed by atoms with Crippen molar-refractivity contribution < 1.29 is 4.79 Å². The van der Waals surface area contributed by atoms with E-state index < -0.39 is 0 Å². The number of primary amides is 1. The van der Waals surface area contributed by atoms with E-state index in [9.17, 15) is 10.1 Å². The van der Waals surface area contributed by atoms with Gasteiger partial charge in [0.1, 0.15) is 11.6 Å². The van der Waals surface area contributed by atoms with Crippen LogP contribution in [0.1, 0.15) is 12.1 Å². The summed E-state index contributed by atoms with van der Waals surface area (Å²) in [4.78, 5) is 15.2. The Morgan fingerprint density at radius 1 is 1.22 bits per heavy atom. The van der Waals surface area contributed by atoms with Crippen LogP contribution in [0.15, 0.2) is 59.8 Å². The number of rotatable bonds is 7. The number of benzene rings is 1. The fraction of sp³-hybridized carbons (Fsp3) is 0.118. The van der Waals surface area contributed by atoms with Crippen LogP contribution in [-0.2, 0) is 4.79 Å². The zero-order valence-corrected chi connectivity index (χ0v) is 13.2. The molecular weight excluding hydrogens is 308 g/mol. The number of pyridine rings is 1. The fourth-order valence-electron chi connectivity index (χ4n) is 1.81. The molecule has 6 heteroatoms. The topological polar surface area (TPSA) is 91.8 Å². The number of amides is 1. The van der Waals surface area contributed by atoms with Gasteiger partial charge in [-0.3, -0.25) is 9.78 Å². The average molecular weight is 324 g/mol. The molecule has 0 saturated carbocycles. The number of thioether (sulfide) groups is 1. The van der Waals surface area contributed by atoms with E-state index in [0.29, 0.717) is 22.0 Å². The highest BCUT2D eigenvalue weighted by molar-refractivity contribution is 8.03. The fourth-order valence-corrected chi connectivity index (χ4v) is 2.80. The highest BCUT2D eigenvalue weighted by atomic mass is 32.2. The summed E-state index contributed by atoms with van der Waals surface area (Å²) in [5.74, 6) is 0.121. The predicted molar refractivity (Wildman–Crippen MR) is 93.1 cm³/mol. The van der Waals surface area contributed by atoms with Gasteiger partial charge >= 0.3 is 0 Å². The third kappa shape index (κ3) is 5.16. The first-order chi connectivity index (χ1) is 11.2. The van der Waals surface area contributed by atoms with E-state index >= 15 is 0 Å². The van der Waals surface area contributed by atoms with Crippen LogP contribution in [0.4, 0.5) is 5.69 Å². The Labute approximate surface area is 139 Å². The SMILES string of the molecule is N#C/C(=C(/Nc1ccccc1)SCCC(N)=O)c1ccccn1. The quantitative estimate of drug-likeness (QED) is 0.764. The predicted octanol–water partition coefficient (Wildman–Crippen LogP) is 2.99. The minimum absolute atomic E-state index is 0.242. The Kier molecular flexibility index (Phi) is 6.21. The van der Waals surface area contributed by atoms with Gasteiger partial charge in [-0.05, 0) is 24.3 Å². The van der Waals surface area contributed by atoms with Gasteiger partial charge in [0.05, 0.1) is 10.7 Å². The van der Waals surface area contributed by atoms with E-state index in [0.717, 1.165) is 5.69 Å². The van der Waals surface area contributed by atoms with Crippen LogP contribution >= 0.6 is 11.8 Å². The first kappa shape index (κ1) is 16.6. The van der Waals surface area contributed by atoms with Gasteiger partial charge in [-0.15, -0.1) is 11.8 Å². The Bertz CT molecular complexity index is 723. The Balaban J connectivity index is 2.32. The summed E-state index contributed by atoms with van der Waals surface area (Å²) in [7, 11) is 0. The van der Waals surface area contributed by atoms with Crippen LogP contribution in [0.2, 0.25) is 0 Å². The van der Waals surface area contributed by atoms with Crippen LogP contribution in [0, 0.1) is 11.3 Å². The molecule has 0 unspecified atom stereocenters. The van der Waals surface area contributed by atoms with E-state index in [-0.39, 0.29) is 12.3 Å². The summed E-state index contributed by atoms with van der Waals surface area (Å²) in [5.41, 5.74) is 7.06. The smallest absolute Gasteiger partial charge is 0.218 e. The number of anilines is 1. The second-order valence-electron chi connectivity index (χ2n) is 4.59. The van der Waals surface area contributed by atoms with Gasteiger partial charge in [-0.25, -0.2) is 0 Å². The van der Waals surface area contributed by atoms with Crippen molar-refractivity contribution in [2.24, 2.45) is 5.73 Å². The Hall–Kier alpha value is -2.78. The average Bonchev–Trinajstić information content (AvgIpc) is 2.57. The number of nitrogens with two attached hydrogens (primary N) is 1. The monoisotopic (exact) mass is 324 g/mol. The maximum Gasteiger partial charge on any atom is 0.218 e. The van der Waals surface area contributed by atoms with Crippen molar-refractivity contribution in [3.8, 4) is 6.07 Å². The van der Waals surface area contributed by atoms with E-state index in [1.54, 1.807) is 18.3 Å². The number of allylic oxidation sites excluding steroid dienone is 1. The number of hydrogen-bond donors (Lipinski definition) is 2. The van der Waals surface area contributed by atoms with Crippen molar-refractivity contribution >= 4 is 28.9 Å².